The second-order valence-corrected chi connectivity index (χ2v) is 6.20. The number of aryl methyl sites for hydroxylation is 1. The summed E-state index contributed by atoms with van der Waals surface area (Å²) in [5.41, 5.74) is 1.06. The van der Waals surface area contributed by atoms with Gasteiger partial charge in [-0.15, -0.1) is 0 Å². The Hall–Kier alpha value is -3.09. The molecule has 0 spiro atoms. The third-order valence-corrected chi connectivity index (χ3v) is 4.37. The van der Waals surface area contributed by atoms with Gasteiger partial charge < -0.3 is 19.3 Å². The number of benzene rings is 1. The van der Waals surface area contributed by atoms with Crippen LogP contribution in [0.3, 0.4) is 0 Å². The van der Waals surface area contributed by atoms with Crippen molar-refractivity contribution in [2.75, 3.05) is 20.1 Å². The molecule has 0 aliphatic carbocycles. The molecule has 1 N–H and O–H groups in total. The second-order valence-electron chi connectivity index (χ2n) is 6.20. The van der Waals surface area contributed by atoms with Crippen LogP contribution in [0, 0.1) is 6.92 Å². The first-order chi connectivity index (χ1) is 12.8. The van der Waals surface area contributed by atoms with Crippen LogP contribution in [-0.4, -0.2) is 52.8 Å². The SMILES string of the molecule is CCN(CC)C(=O)c1ccc(C(=O)N(C)Cc2cc(C(=O)O)c(C)o2)cc1. The zero-order valence-corrected chi connectivity index (χ0v) is 16.0. The van der Waals surface area contributed by atoms with E-state index in [0.717, 1.165) is 0 Å². The molecule has 1 heterocycles. The highest BCUT2D eigenvalue weighted by atomic mass is 16.4. The molecule has 0 fully saturated rings. The summed E-state index contributed by atoms with van der Waals surface area (Å²) in [5, 5.41) is 9.07. The maximum Gasteiger partial charge on any atom is 0.339 e. The average molecular weight is 372 g/mol. The predicted molar refractivity (Wildman–Crippen MR) is 99.9 cm³/mol. The number of carboxylic acids is 1. The molecule has 144 valence electrons. The number of hydrogen-bond acceptors (Lipinski definition) is 4. The van der Waals surface area contributed by atoms with Gasteiger partial charge in [0, 0.05) is 31.3 Å². The molecule has 0 unspecified atom stereocenters. The van der Waals surface area contributed by atoms with E-state index in [1.165, 1.54) is 11.0 Å². The van der Waals surface area contributed by atoms with Crippen LogP contribution in [0.25, 0.3) is 0 Å². The maximum atomic E-state index is 12.6. The van der Waals surface area contributed by atoms with E-state index in [1.54, 1.807) is 43.1 Å². The monoisotopic (exact) mass is 372 g/mol. The molecule has 2 rings (SSSR count). The Bertz CT molecular complexity index is 835. The largest absolute Gasteiger partial charge is 0.478 e. The van der Waals surface area contributed by atoms with Gasteiger partial charge in [0.05, 0.1) is 6.54 Å². The third kappa shape index (κ3) is 4.55. The molecule has 0 aliphatic heterocycles. The number of carbonyl (C=O) groups excluding carboxylic acids is 2. The molecule has 1 aromatic heterocycles. The minimum Gasteiger partial charge on any atom is -0.478 e. The van der Waals surface area contributed by atoms with Crippen molar-refractivity contribution in [2.45, 2.75) is 27.3 Å². The highest BCUT2D eigenvalue weighted by Crippen LogP contribution is 2.17. The molecule has 27 heavy (non-hydrogen) atoms. The summed E-state index contributed by atoms with van der Waals surface area (Å²) in [7, 11) is 1.61. The number of hydrogen-bond donors (Lipinski definition) is 1. The zero-order chi connectivity index (χ0) is 20.1. The van der Waals surface area contributed by atoms with Crippen molar-refractivity contribution in [3.05, 3.63) is 58.5 Å². The van der Waals surface area contributed by atoms with Crippen LogP contribution >= 0.6 is 0 Å². The lowest BCUT2D eigenvalue weighted by molar-refractivity contribution is 0.0693. The average Bonchev–Trinajstić information content (AvgIpc) is 3.02. The van der Waals surface area contributed by atoms with Crippen molar-refractivity contribution in [3.63, 3.8) is 0 Å². The number of amides is 2. The number of carbonyl (C=O) groups is 3. The van der Waals surface area contributed by atoms with Crippen LogP contribution in [0.5, 0.6) is 0 Å². The Morgan fingerprint density at radius 1 is 1.00 bits per heavy atom. The number of carboxylic acid groups (broad SMARTS) is 1. The van der Waals surface area contributed by atoms with E-state index < -0.39 is 5.97 Å². The van der Waals surface area contributed by atoms with Gasteiger partial charge in [0.25, 0.3) is 11.8 Å². The van der Waals surface area contributed by atoms with E-state index in [1.807, 2.05) is 13.8 Å². The lowest BCUT2D eigenvalue weighted by atomic mass is 10.1. The standard InChI is InChI=1S/C20H24N2O5/c1-5-22(6-2)19(24)15-9-7-14(8-10-15)18(23)21(4)12-16-11-17(20(25)26)13(3)27-16/h7-11H,5-6,12H2,1-4H3,(H,25,26). The van der Waals surface area contributed by atoms with Crippen LogP contribution in [0.2, 0.25) is 0 Å². The summed E-state index contributed by atoms with van der Waals surface area (Å²) < 4.78 is 5.41. The molecule has 0 aliphatic rings. The molecule has 2 aromatic rings. The maximum absolute atomic E-state index is 12.6. The summed E-state index contributed by atoms with van der Waals surface area (Å²) in [6.07, 6.45) is 0. The number of rotatable bonds is 7. The predicted octanol–water partition coefficient (Wildman–Crippen LogP) is 3.04. The first-order valence-corrected chi connectivity index (χ1v) is 8.75. The molecule has 2 amide bonds. The zero-order valence-electron chi connectivity index (χ0n) is 16.0. The van der Waals surface area contributed by atoms with E-state index in [9.17, 15) is 14.4 Å². The number of aromatic carboxylic acids is 1. The minimum absolute atomic E-state index is 0.0698. The first kappa shape index (κ1) is 20.2. The molecule has 7 nitrogen and oxygen atoms in total. The summed E-state index contributed by atoms with van der Waals surface area (Å²) in [6.45, 7) is 6.80. The lowest BCUT2D eigenvalue weighted by Crippen LogP contribution is -2.30. The van der Waals surface area contributed by atoms with Gasteiger partial charge in [-0.25, -0.2) is 4.79 Å². The fraction of sp³-hybridized carbons (Fsp3) is 0.350. The Balaban J connectivity index is 2.09. The van der Waals surface area contributed by atoms with Crippen LogP contribution < -0.4 is 0 Å². The minimum atomic E-state index is -1.06. The van der Waals surface area contributed by atoms with E-state index >= 15 is 0 Å². The van der Waals surface area contributed by atoms with Gasteiger partial charge >= 0.3 is 5.97 Å². The first-order valence-electron chi connectivity index (χ1n) is 8.75. The molecular formula is C20H24N2O5. The highest BCUT2D eigenvalue weighted by Gasteiger charge is 2.19. The number of furan rings is 1. The molecule has 0 atom stereocenters. The van der Waals surface area contributed by atoms with Crippen molar-refractivity contribution in [3.8, 4) is 0 Å². The fourth-order valence-electron chi connectivity index (χ4n) is 2.81. The van der Waals surface area contributed by atoms with Gasteiger partial charge in [0.15, 0.2) is 0 Å². The van der Waals surface area contributed by atoms with E-state index in [2.05, 4.69) is 0 Å². The van der Waals surface area contributed by atoms with Gasteiger partial charge in [-0.3, -0.25) is 9.59 Å². The van der Waals surface area contributed by atoms with Gasteiger partial charge in [-0.05, 0) is 51.1 Å². The van der Waals surface area contributed by atoms with Crippen LogP contribution in [0.15, 0.2) is 34.7 Å². The Labute approximate surface area is 158 Å². The molecule has 0 radical (unpaired) electrons. The van der Waals surface area contributed by atoms with Crippen LogP contribution in [0.4, 0.5) is 0 Å². The molecule has 0 saturated carbocycles. The number of nitrogens with zero attached hydrogens (tertiary/aromatic N) is 2. The smallest absolute Gasteiger partial charge is 0.339 e. The van der Waals surface area contributed by atoms with Crippen molar-refractivity contribution in [2.24, 2.45) is 0 Å². The summed E-state index contributed by atoms with van der Waals surface area (Å²) in [5.74, 6) is -0.681. The topological polar surface area (TPSA) is 91.1 Å². The Morgan fingerprint density at radius 2 is 1.52 bits per heavy atom. The van der Waals surface area contributed by atoms with E-state index in [-0.39, 0.29) is 23.9 Å². The normalized spacial score (nSPS) is 10.5. The van der Waals surface area contributed by atoms with Crippen molar-refractivity contribution < 1.29 is 23.9 Å². The third-order valence-electron chi connectivity index (χ3n) is 4.37. The second kappa shape index (κ2) is 8.53. The lowest BCUT2D eigenvalue weighted by Gasteiger charge is -2.19. The van der Waals surface area contributed by atoms with E-state index in [0.29, 0.717) is 35.7 Å². The molecule has 0 bridgehead atoms. The van der Waals surface area contributed by atoms with E-state index in [4.69, 9.17) is 9.52 Å². The van der Waals surface area contributed by atoms with Gasteiger partial charge in [-0.2, -0.15) is 0 Å². The molecule has 0 saturated heterocycles. The Morgan fingerprint density at radius 3 is 1.96 bits per heavy atom. The van der Waals surface area contributed by atoms with Crippen molar-refractivity contribution in [1.29, 1.82) is 0 Å². The van der Waals surface area contributed by atoms with Gasteiger partial charge in [0.2, 0.25) is 0 Å². The quantitative estimate of drug-likeness (QED) is 0.807. The van der Waals surface area contributed by atoms with Gasteiger partial charge in [0.1, 0.15) is 17.1 Å². The summed E-state index contributed by atoms with van der Waals surface area (Å²) >= 11 is 0. The fourth-order valence-corrected chi connectivity index (χ4v) is 2.81. The summed E-state index contributed by atoms with van der Waals surface area (Å²) in [4.78, 5) is 39.1. The Kier molecular flexibility index (Phi) is 6.39. The molecular weight excluding hydrogens is 348 g/mol. The van der Waals surface area contributed by atoms with Gasteiger partial charge in [-0.1, -0.05) is 0 Å². The van der Waals surface area contributed by atoms with Crippen LogP contribution in [-0.2, 0) is 6.54 Å². The van der Waals surface area contributed by atoms with Crippen molar-refractivity contribution in [1.82, 2.24) is 9.80 Å². The van der Waals surface area contributed by atoms with Crippen LogP contribution in [0.1, 0.15) is 56.4 Å². The highest BCUT2D eigenvalue weighted by molar-refractivity contribution is 5.97. The van der Waals surface area contributed by atoms with Crippen molar-refractivity contribution >= 4 is 17.8 Å². The summed E-state index contributed by atoms with van der Waals surface area (Å²) in [6, 6.07) is 7.94. The molecule has 7 heteroatoms. The molecule has 1 aromatic carbocycles.